The van der Waals surface area contributed by atoms with E-state index in [2.05, 4.69) is 0 Å². The first-order chi connectivity index (χ1) is 7.49. The third-order valence-corrected chi connectivity index (χ3v) is 3.34. The van der Waals surface area contributed by atoms with Gasteiger partial charge in [-0.25, -0.2) is 8.78 Å². The van der Waals surface area contributed by atoms with Gasteiger partial charge in [-0.15, -0.1) is 0 Å². The van der Waals surface area contributed by atoms with Gasteiger partial charge in [0, 0.05) is 4.90 Å². The molecule has 0 amide bonds. The summed E-state index contributed by atoms with van der Waals surface area (Å²) < 4.78 is 35.3. The van der Waals surface area contributed by atoms with E-state index in [0.29, 0.717) is 4.90 Å². The lowest BCUT2D eigenvalue weighted by Gasteiger charge is -2.02. The quantitative estimate of drug-likeness (QED) is 0.799. The fourth-order valence-corrected chi connectivity index (χ4v) is 2.17. The molecule has 0 fully saturated rings. The van der Waals surface area contributed by atoms with Crippen molar-refractivity contribution >= 4 is 16.6 Å². The number of carbonyl (C=O) groups excluding carboxylic acids is 1. The number of ketones is 1. The third kappa shape index (κ3) is 4.18. The molecule has 0 radical (unpaired) electrons. The maximum absolute atomic E-state index is 11.9. The minimum atomic E-state index is -2.66. The number of aryl methyl sites for hydroxylation is 1. The molecule has 0 bridgehead atoms. The van der Waals surface area contributed by atoms with Gasteiger partial charge in [-0.3, -0.25) is 9.00 Å². The highest BCUT2D eigenvalue weighted by atomic mass is 32.2. The highest BCUT2D eigenvalue weighted by Gasteiger charge is 2.14. The lowest BCUT2D eigenvalue weighted by molar-refractivity contribution is -0.119. The Balaban J connectivity index is 2.59. The summed E-state index contributed by atoms with van der Waals surface area (Å²) in [6.45, 7) is 1.88. The van der Waals surface area contributed by atoms with Gasteiger partial charge in [0.2, 0.25) is 6.43 Å². The predicted molar refractivity (Wildman–Crippen MR) is 58.1 cm³/mol. The Bertz CT molecular complexity index is 387. The van der Waals surface area contributed by atoms with Crippen LogP contribution in [0.25, 0.3) is 0 Å². The van der Waals surface area contributed by atoms with Crippen molar-refractivity contribution in [2.75, 3.05) is 5.75 Å². The van der Waals surface area contributed by atoms with Crippen LogP contribution >= 0.6 is 0 Å². The molecule has 0 saturated heterocycles. The molecule has 1 aromatic rings. The molecule has 88 valence electrons. The van der Waals surface area contributed by atoms with Gasteiger partial charge in [-0.2, -0.15) is 0 Å². The first kappa shape index (κ1) is 13.0. The van der Waals surface area contributed by atoms with Gasteiger partial charge < -0.3 is 0 Å². The minimum absolute atomic E-state index is 0.340. The second kappa shape index (κ2) is 5.84. The summed E-state index contributed by atoms with van der Waals surface area (Å²) in [6, 6.07) is 6.82. The number of carbonyl (C=O) groups is 1. The van der Waals surface area contributed by atoms with Crippen molar-refractivity contribution in [2.24, 2.45) is 0 Å². The lowest BCUT2D eigenvalue weighted by Crippen LogP contribution is -2.13. The average Bonchev–Trinajstić information content (AvgIpc) is 2.16. The van der Waals surface area contributed by atoms with Crippen LogP contribution in [-0.2, 0) is 15.6 Å². The first-order valence-electron chi connectivity index (χ1n) is 4.74. The summed E-state index contributed by atoms with van der Waals surface area (Å²) in [5, 5.41) is 0. The van der Waals surface area contributed by atoms with Crippen molar-refractivity contribution in [3.05, 3.63) is 29.8 Å². The molecular formula is C11H12F2O2S. The van der Waals surface area contributed by atoms with Crippen molar-refractivity contribution in [3.8, 4) is 0 Å². The number of benzene rings is 1. The first-order valence-corrected chi connectivity index (χ1v) is 6.06. The maximum atomic E-state index is 11.9. The van der Waals surface area contributed by atoms with Crippen LogP contribution < -0.4 is 0 Å². The van der Waals surface area contributed by atoms with E-state index in [1.54, 1.807) is 24.3 Å². The minimum Gasteiger partial charge on any atom is -0.298 e. The number of rotatable bonds is 5. The molecule has 0 aromatic heterocycles. The zero-order valence-electron chi connectivity index (χ0n) is 8.78. The van der Waals surface area contributed by atoms with Crippen LogP contribution in [0.5, 0.6) is 0 Å². The van der Waals surface area contributed by atoms with Gasteiger partial charge in [0.1, 0.15) is 0 Å². The highest BCUT2D eigenvalue weighted by Crippen LogP contribution is 2.10. The largest absolute Gasteiger partial charge is 0.298 e. The standard InChI is InChI=1S/C11H12F2O2S/c1-8-2-4-10(5-3-8)16(15)7-9(14)6-11(12)13/h2-5,11H,6-7H2,1H3/t16-/m1/s1. The molecule has 0 aliphatic rings. The normalized spacial score (nSPS) is 12.8. The van der Waals surface area contributed by atoms with Crippen LogP contribution in [0, 0.1) is 6.92 Å². The summed E-state index contributed by atoms with van der Waals surface area (Å²) in [7, 11) is -1.52. The monoisotopic (exact) mass is 246 g/mol. The van der Waals surface area contributed by atoms with Crippen molar-refractivity contribution in [3.63, 3.8) is 0 Å². The fraction of sp³-hybridized carbons (Fsp3) is 0.364. The van der Waals surface area contributed by atoms with Crippen LogP contribution in [0.15, 0.2) is 29.2 Å². The second-order valence-electron chi connectivity index (χ2n) is 3.44. The molecular weight excluding hydrogens is 234 g/mol. The average molecular weight is 246 g/mol. The van der Waals surface area contributed by atoms with Crippen molar-refractivity contribution < 1.29 is 17.8 Å². The Labute approximate surface area is 95.1 Å². The fourth-order valence-electron chi connectivity index (χ4n) is 1.15. The van der Waals surface area contributed by atoms with E-state index in [9.17, 15) is 17.8 Å². The summed E-state index contributed by atoms with van der Waals surface area (Å²) in [5.41, 5.74) is 1.01. The zero-order valence-corrected chi connectivity index (χ0v) is 9.60. The van der Waals surface area contributed by atoms with Crippen LogP contribution in [0.4, 0.5) is 8.78 Å². The molecule has 0 aliphatic heterocycles. The van der Waals surface area contributed by atoms with Gasteiger partial charge >= 0.3 is 0 Å². The van der Waals surface area contributed by atoms with Crippen LogP contribution in [0.1, 0.15) is 12.0 Å². The Morgan fingerprint density at radius 2 is 1.88 bits per heavy atom. The van der Waals surface area contributed by atoms with E-state index in [0.717, 1.165) is 5.56 Å². The number of Topliss-reactive ketones (excluding diaryl/α,β-unsaturated/α-hetero) is 1. The highest BCUT2D eigenvalue weighted by molar-refractivity contribution is 7.85. The summed E-state index contributed by atoms with van der Waals surface area (Å²) in [6.07, 6.45) is -3.49. The van der Waals surface area contributed by atoms with Crippen molar-refractivity contribution in [1.82, 2.24) is 0 Å². The van der Waals surface area contributed by atoms with E-state index in [-0.39, 0.29) is 5.75 Å². The molecule has 1 rings (SSSR count). The molecule has 1 aromatic carbocycles. The van der Waals surface area contributed by atoms with Crippen LogP contribution in [0.3, 0.4) is 0 Å². The predicted octanol–water partition coefficient (Wildman–Crippen LogP) is 2.33. The van der Waals surface area contributed by atoms with E-state index in [4.69, 9.17) is 0 Å². The van der Waals surface area contributed by atoms with Gasteiger partial charge in [0.05, 0.1) is 23.0 Å². The summed E-state index contributed by atoms with van der Waals surface area (Å²) in [4.78, 5) is 11.5. The third-order valence-electron chi connectivity index (χ3n) is 1.96. The van der Waals surface area contributed by atoms with Gasteiger partial charge in [-0.05, 0) is 19.1 Å². The second-order valence-corrected chi connectivity index (χ2v) is 4.89. The smallest absolute Gasteiger partial charge is 0.245 e. The number of hydrogen-bond donors (Lipinski definition) is 0. The molecule has 0 spiro atoms. The lowest BCUT2D eigenvalue weighted by atomic mass is 10.2. The van der Waals surface area contributed by atoms with E-state index in [1.165, 1.54) is 0 Å². The van der Waals surface area contributed by atoms with Crippen LogP contribution in [-0.4, -0.2) is 22.2 Å². The van der Waals surface area contributed by atoms with Crippen molar-refractivity contribution in [1.29, 1.82) is 0 Å². The topological polar surface area (TPSA) is 34.1 Å². The maximum Gasteiger partial charge on any atom is 0.245 e. The van der Waals surface area contributed by atoms with Crippen LogP contribution in [0.2, 0.25) is 0 Å². The summed E-state index contributed by atoms with van der Waals surface area (Å²) in [5.74, 6) is -1.01. The Morgan fingerprint density at radius 1 is 1.31 bits per heavy atom. The Morgan fingerprint density at radius 3 is 2.38 bits per heavy atom. The van der Waals surface area contributed by atoms with Crippen molar-refractivity contribution in [2.45, 2.75) is 24.7 Å². The Hall–Kier alpha value is -1.10. The van der Waals surface area contributed by atoms with E-state index >= 15 is 0 Å². The summed E-state index contributed by atoms with van der Waals surface area (Å²) >= 11 is 0. The molecule has 0 heterocycles. The molecule has 0 aliphatic carbocycles. The number of halogens is 2. The zero-order chi connectivity index (χ0) is 12.1. The number of hydrogen-bond acceptors (Lipinski definition) is 2. The van der Waals surface area contributed by atoms with E-state index in [1.807, 2.05) is 6.92 Å². The van der Waals surface area contributed by atoms with Gasteiger partial charge in [-0.1, -0.05) is 17.7 Å². The Kier molecular flexibility index (Phi) is 4.73. The molecule has 0 N–H and O–H groups in total. The SMILES string of the molecule is Cc1ccc([S@](=O)CC(=O)CC(F)F)cc1. The molecule has 16 heavy (non-hydrogen) atoms. The van der Waals surface area contributed by atoms with Gasteiger partial charge in [0.25, 0.3) is 0 Å². The van der Waals surface area contributed by atoms with Gasteiger partial charge in [0.15, 0.2) is 5.78 Å². The van der Waals surface area contributed by atoms with E-state index < -0.39 is 29.4 Å². The molecule has 2 nitrogen and oxygen atoms in total. The molecule has 0 unspecified atom stereocenters. The molecule has 5 heteroatoms. The number of alkyl halides is 2. The molecule has 0 saturated carbocycles. The molecule has 1 atom stereocenters.